The number of allylic oxidation sites excluding steroid dienone is 2. The molecular weight excluding hydrogens is 426 g/mol. The standard InChI is InChI=1S/C29H31NO4/c1-4-9-21-13-15-26(31)25(19-21)23-14-16-27(24(20-23)10-5-2)34-28(17-18-30(3)29(32)33)22-11-7-6-8-12-22/h4-8,11-16,19-20,28,31H,1-2,9-10,17-18H2,3H3,(H,32,33). The Morgan fingerprint density at radius 2 is 1.76 bits per heavy atom. The summed E-state index contributed by atoms with van der Waals surface area (Å²) in [5, 5.41) is 19.7. The fourth-order valence-corrected chi connectivity index (χ4v) is 3.81. The lowest BCUT2D eigenvalue weighted by molar-refractivity contribution is 0.139. The average Bonchev–Trinajstić information content (AvgIpc) is 2.84. The van der Waals surface area contributed by atoms with Crippen LogP contribution in [0.4, 0.5) is 4.79 Å². The third-order valence-corrected chi connectivity index (χ3v) is 5.67. The quantitative estimate of drug-likeness (QED) is 0.317. The summed E-state index contributed by atoms with van der Waals surface area (Å²) in [6.45, 7) is 8.02. The number of aromatic hydroxyl groups is 1. The second kappa shape index (κ2) is 11.8. The van der Waals surface area contributed by atoms with Gasteiger partial charge in [0.25, 0.3) is 0 Å². The predicted molar refractivity (Wildman–Crippen MR) is 136 cm³/mol. The maximum Gasteiger partial charge on any atom is 0.407 e. The van der Waals surface area contributed by atoms with Crippen LogP contribution in [0, 0.1) is 0 Å². The van der Waals surface area contributed by atoms with Gasteiger partial charge in [-0.3, -0.25) is 0 Å². The highest BCUT2D eigenvalue weighted by atomic mass is 16.5. The molecule has 34 heavy (non-hydrogen) atoms. The first-order chi connectivity index (χ1) is 16.4. The van der Waals surface area contributed by atoms with Crippen molar-refractivity contribution >= 4 is 6.09 Å². The van der Waals surface area contributed by atoms with Crippen LogP contribution in [0.5, 0.6) is 11.5 Å². The van der Waals surface area contributed by atoms with Crippen LogP contribution in [-0.4, -0.2) is 34.8 Å². The predicted octanol–water partition coefficient (Wildman–Crippen LogP) is 6.64. The number of ether oxygens (including phenoxy) is 1. The van der Waals surface area contributed by atoms with E-state index in [1.807, 2.05) is 72.8 Å². The normalized spacial score (nSPS) is 11.4. The Balaban J connectivity index is 1.94. The molecule has 2 N–H and O–H groups in total. The number of amides is 1. The molecule has 0 aromatic heterocycles. The van der Waals surface area contributed by atoms with Gasteiger partial charge < -0.3 is 19.8 Å². The van der Waals surface area contributed by atoms with Gasteiger partial charge in [0.2, 0.25) is 0 Å². The van der Waals surface area contributed by atoms with Crippen LogP contribution in [0.15, 0.2) is 92.0 Å². The molecule has 1 atom stereocenters. The van der Waals surface area contributed by atoms with Crippen molar-refractivity contribution in [2.45, 2.75) is 25.4 Å². The van der Waals surface area contributed by atoms with Crippen molar-refractivity contribution in [3.05, 3.63) is 109 Å². The third kappa shape index (κ3) is 6.29. The summed E-state index contributed by atoms with van der Waals surface area (Å²) in [4.78, 5) is 12.5. The first kappa shape index (κ1) is 24.6. The van der Waals surface area contributed by atoms with Gasteiger partial charge in [-0.2, -0.15) is 0 Å². The van der Waals surface area contributed by atoms with Crippen LogP contribution >= 0.6 is 0 Å². The Morgan fingerprint density at radius 3 is 2.44 bits per heavy atom. The van der Waals surface area contributed by atoms with Gasteiger partial charge in [-0.1, -0.05) is 54.6 Å². The largest absolute Gasteiger partial charge is 0.507 e. The van der Waals surface area contributed by atoms with E-state index in [1.54, 1.807) is 13.1 Å². The topological polar surface area (TPSA) is 70.0 Å². The van der Waals surface area contributed by atoms with Gasteiger partial charge in [-0.15, -0.1) is 13.2 Å². The molecule has 3 aromatic carbocycles. The molecule has 0 radical (unpaired) electrons. The van der Waals surface area contributed by atoms with E-state index in [9.17, 15) is 15.0 Å². The molecule has 0 aliphatic heterocycles. The molecule has 0 saturated carbocycles. The average molecular weight is 458 g/mol. The van der Waals surface area contributed by atoms with E-state index in [4.69, 9.17) is 4.74 Å². The number of hydrogen-bond acceptors (Lipinski definition) is 3. The van der Waals surface area contributed by atoms with Crippen molar-refractivity contribution in [2.75, 3.05) is 13.6 Å². The minimum absolute atomic E-state index is 0.213. The Labute approximate surface area is 201 Å². The third-order valence-electron chi connectivity index (χ3n) is 5.67. The number of carboxylic acid groups (broad SMARTS) is 1. The first-order valence-corrected chi connectivity index (χ1v) is 11.3. The molecule has 1 unspecified atom stereocenters. The van der Waals surface area contributed by atoms with Gasteiger partial charge in [0, 0.05) is 25.6 Å². The fourth-order valence-electron chi connectivity index (χ4n) is 3.81. The van der Waals surface area contributed by atoms with Crippen LogP contribution in [0.25, 0.3) is 11.1 Å². The smallest absolute Gasteiger partial charge is 0.407 e. The first-order valence-electron chi connectivity index (χ1n) is 11.3. The second-order valence-electron chi connectivity index (χ2n) is 8.17. The highest BCUT2D eigenvalue weighted by Gasteiger charge is 2.18. The van der Waals surface area contributed by atoms with Gasteiger partial charge in [-0.25, -0.2) is 4.79 Å². The van der Waals surface area contributed by atoms with Crippen molar-refractivity contribution in [1.82, 2.24) is 4.90 Å². The molecule has 1 amide bonds. The highest BCUT2D eigenvalue weighted by Crippen LogP contribution is 2.35. The zero-order valence-electron chi connectivity index (χ0n) is 19.5. The number of phenolic OH excluding ortho intramolecular Hbond substituents is 1. The number of hydrogen-bond donors (Lipinski definition) is 2. The zero-order valence-corrected chi connectivity index (χ0v) is 19.5. The summed E-state index contributed by atoms with van der Waals surface area (Å²) < 4.78 is 6.45. The molecule has 0 fully saturated rings. The maximum atomic E-state index is 11.3. The van der Waals surface area contributed by atoms with Crippen molar-refractivity contribution in [2.24, 2.45) is 0 Å². The number of benzene rings is 3. The second-order valence-corrected chi connectivity index (χ2v) is 8.17. The van der Waals surface area contributed by atoms with Crippen LogP contribution in [0.3, 0.4) is 0 Å². The lowest BCUT2D eigenvalue weighted by Crippen LogP contribution is -2.27. The molecule has 0 aliphatic rings. The molecular formula is C29H31NO4. The number of nitrogens with zero attached hydrogens (tertiary/aromatic N) is 1. The molecule has 5 heteroatoms. The Morgan fingerprint density at radius 1 is 1.03 bits per heavy atom. The van der Waals surface area contributed by atoms with Gasteiger partial charge in [0.05, 0.1) is 0 Å². The lowest BCUT2D eigenvalue weighted by atomic mass is 9.97. The summed E-state index contributed by atoms with van der Waals surface area (Å²) in [6.07, 6.45) is 4.18. The van der Waals surface area contributed by atoms with E-state index >= 15 is 0 Å². The SMILES string of the molecule is C=CCc1ccc(O)c(-c2ccc(OC(CCN(C)C(=O)O)c3ccccc3)c(CC=C)c2)c1. The molecule has 0 spiro atoms. The van der Waals surface area contributed by atoms with Crippen LogP contribution in [0.2, 0.25) is 0 Å². The van der Waals surface area contributed by atoms with E-state index in [1.165, 1.54) is 4.90 Å². The molecule has 5 nitrogen and oxygen atoms in total. The van der Waals surface area contributed by atoms with Gasteiger partial charge in [-0.05, 0) is 59.4 Å². The fraction of sp³-hybridized carbons (Fsp3) is 0.207. The molecule has 0 aliphatic carbocycles. The zero-order chi connectivity index (χ0) is 24.5. The molecule has 3 rings (SSSR count). The minimum Gasteiger partial charge on any atom is -0.507 e. The van der Waals surface area contributed by atoms with E-state index < -0.39 is 6.09 Å². The summed E-state index contributed by atoms with van der Waals surface area (Å²) in [5.74, 6) is 0.919. The van der Waals surface area contributed by atoms with Gasteiger partial charge in [0.15, 0.2) is 0 Å². The monoisotopic (exact) mass is 457 g/mol. The van der Waals surface area contributed by atoms with Crippen molar-refractivity contribution in [3.8, 4) is 22.6 Å². The van der Waals surface area contributed by atoms with E-state index in [-0.39, 0.29) is 11.9 Å². The van der Waals surface area contributed by atoms with Crippen LogP contribution in [-0.2, 0) is 12.8 Å². The van der Waals surface area contributed by atoms with Crippen molar-refractivity contribution in [3.63, 3.8) is 0 Å². The summed E-state index contributed by atoms with van der Waals surface area (Å²) in [6, 6.07) is 21.2. The maximum absolute atomic E-state index is 11.3. The highest BCUT2D eigenvalue weighted by molar-refractivity contribution is 5.72. The number of rotatable bonds is 11. The van der Waals surface area contributed by atoms with Crippen LogP contribution < -0.4 is 4.74 Å². The lowest BCUT2D eigenvalue weighted by Gasteiger charge is -2.24. The van der Waals surface area contributed by atoms with E-state index in [2.05, 4.69) is 13.2 Å². The van der Waals surface area contributed by atoms with E-state index in [0.717, 1.165) is 34.2 Å². The molecule has 176 valence electrons. The molecule has 0 saturated heterocycles. The minimum atomic E-state index is -0.970. The molecule has 0 heterocycles. The summed E-state index contributed by atoms with van der Waals surface area (Å²) in [5.41, 5.74) is 4.62. The Kier molecular flexibility index (Phi) is 8.52. The van der Waals surface area contributed by atoms with E-state index in [0.29, 0.717) is 25.1 Å². The number of phenols is 1. The van der Waals surface area contributed by atoms with Gasteiger partial charge in [0.1, 0.15) is 17.6 Å². The summed E-state index contributed by atoms with van der Waals surface area (Å²) in [7, 11) is 1.55. The Hall–Kier alpha value is -3.99. The number of carbonyl (C=O) groups is 1. The Bertz CT molecular complexity index is 1140. The van der Waals surface area contributed by atoms with Crippen LogP contribution in [0.1, 0.15) is 29.2 Å². The van der Waals surface area contributed by atoms with Crippen molar-refractivity contribution in [1.29, 1.82) is 0 Å². The van der Waals surface area contributed by atoms with Gasteiger partial charge >= 0.3 is 6.09 Å². The molecule has 0 bridgehead atoms. The summed E-state index contributed by atoms with van der Waals surface area (Å²) >= 11 is 0. The molecule has 3 aromatic rings. The van der Waals surface area contributed by atoms with Crippen molar-refractivity contribution < 1.29 is 19.7 Å².